The molecule has 0 radical (unpaired) electrons. The minimum Gasteiger partial charge on any atom is -0.370 e. The van der Waals surface area contributed by atoms with Gasteiger partial charge in [-0.3, -0.25) is 0 Å². The van der Waals surface area contributed by atoms with Gasteiger partial charge in [0, 0.05) is 23.6 Å². The average molecular weight is 306 g/mol. The summed E-state index contributed by atoms with van der Waals surface area (Å²) < 4.78 is 13.6. The number of nitrogens with zero attached hydrogens (tertiary/aromatic N) is 2. The van der Waals surface area contributed by atoms with Crippen molar-refractivity contribution in [3.05, 3.63) is 40.4 Å². The fourth-order valence-electron chi connectivity index (χ4n) is 2.34. The molecule has 0 atom stereocenters. The van der Waals surface area contributed by atoms with Crippen LogP contribution in [0.1, 0.15) is 37.1 Å². The van der Waals surface area contributed by atoms with Gasteiger partial charge in [0.25, 0.3) is 0 Å². The van der Waals surface area contributed by atoms with Crippen molar-refractivity contribution in [2.45, 2.75) is 32.6 Å². The van der Waals surface area contributed by atoms with E-state index in [1.54, 1.807) is 6.07 Å². The van der Waals surface area contributed by atoms with Crippen LogP contribution in [0.15, 0.2) is 18.2 Å². The lowest BCUT2D eigenvalue weighted by molar-refractivity contribution is 0.628. The van der Waals surface area contributed by atoms with E-state index in [0.717, 1.165) is 36.6 Å². The average Bonchev–Trinajstić information content (AvgIpc) is 3.29. The SMILES string of the molecule is CCNc1nc(C2CC2)nc(-c2cc(F)ccc2Cl)c1C. The summed E-state index contributed by atoms with van der Waals surface area (Å²) in [5, 5.41) is 3.76. The van der Waals surface area contributed by atoms with Crippen molar-refractivity contribution in [3.8, 4) is 11.3 Å². The van der Waals surface area contributed by atoms with E-state index in [0.29, 0.717) is 22.2 Å². The number of halogens is 2. The van der Waals surface area contributed by atoms with E-state index < -0.39 is 0 Å². The van der Waals surface area contributed by atoms with Crippen LogP contribution in [0.25, 0.3) is 11.3 Å². The third-order valence-corrected chi connectivity index (χ3v) is 3.96. The van der Waals surface area contributed by atoms with Gasteiger partial charge in [-0.15, -0.1) is 0 Å². The Bertz CT molecular complexity index is 683. The Labute approximate surface area is 128 Å². The lowest BCUT2D eigenvalue weighted by Crippen LogP contribution is -2.07. The maximum Gasteiger partial charge on any atom is 0.134 e. The third kappa shape index (κ3) is 2.86. The number of aromatic nitrogens is 2. The van der Waals surface area contributed by atoms with Crippen LogP contribution >= 0.6 is 11.6 Å². The van der Waals surface area contributed by atoms with E-state index in [1.165, 1.54) is 12.1 Å². The van der Waals surface area contributed by atoms with Crippen LogP contribution in [0.5, 0.6) is 0 Å². The molecule has 21 heavy (non-hydrogen) atoms. The van der Waals surface area contributed by atoms with Gasteiger partial charge in [-0.05, 0) is 44.9 Å². The van der Waals surface area contributed by atoms with Crippen molar-refractivity contribution in [2.24, 2.45) is 0 Å². The monoisotopic (exact) mass is 305 g/mol. The molecule has 3 rings (SSSR count). The van der Waals surface area contributed by atoms with Crippen LogP contribution in [0.2, 0.25) is 5.02 Å². The minimum absolute atomic E-state index is 0.314. The molecule has 2 aromatic rings. The lowest BCUT2D eigenvalue weighted by atomic mass is 10.1. The summed E-state index contributed by atoms with van der Waals surface area (Å²) in [6.07, 6.45) is 2.23. The Kier molecular flexibility index (Phi) is 3.81. The van der Waals surface area contributed by atoms with E-state index in [2.05, 4.69) is 15.3 Å². The molecule has 0 spiro atoms. The molecular formula is C16H17ClFN3. The standard InChI is InChI=1S/C16H17ClFN3/c1-3-19-15-9(2)14(20-16(21-15)10-4-5-10)12-8-11(18)6-7-13(12)17/h6-8,10H,3-5H2,1-2H3,(H,19,20,21). The summed E-state index contributed by atoms with van der Waals surface area (Å²) in [5.41, 5.74) is 2.23. The van der Waals surface area contributed by atoms with E-state index in [-0.39, 0.29) is 5.82 Å². The minimum atomic E-state index is -0.314. The predicted octanol–water partition coefficient (Wildman–Crippen LogP) is 4.55. The van der Waals surface area contributed by atoms with E-state index in [9.17, 15) is 4.39 Å². The zero-order valence-corrected chi connectivity index (χ0v) is 12.8. The van der Waals surface area contributed by atoms with Gasteiger partial charge >= 0.3 is 0 Å². The Balaban J connectivity index is 2.17. The smallest absolute Gasteiger partial charge is 0.134 e. The van der Waals surface area contributed by atoms with Crippen molar-refractivity contribution in [1.29, 1.82) is 0 Å². The molecule has 1 saturated carbocycles. The summed E-state index contributed by atoms with van der Waals surface area (Å²) in [6, 6.07) is 4.36. The maximum absolute atomic E-state index is 13.6. The number of hydrogen-bond acceptors (Lipinski definition) is 3. The number of benzene rings is 1. The van der Waals surface area contributed by atoms with Crippen LogP contribution in [0.3, 0.4) is 0 Å². The molecule has 1 aliphatic carbocycles. The number of hydrogen-bond donors (Lipinski definition) is 1. The van der Waals surface area contributed by atoms with Gasteiger partial charge in [-0.1, -0.05) is 11.6 Å². The molecule has 1 fully saturated rings. The molecule has 5 heteroatoms. The molecule has 1 N–H and O–H groups in total. The summed E-state index contributed by atoms with van der Waals surface area (Å²) >= 11 is 6.23. The molecule has 1 heterocycles. The highest BCUT2D eigenvalue weighted by atomic mass is 35.5. The summed E-state index contributed by atoms with van der Waals surface area (Å²) in [6.45, 7) is 4.73. The second kappa shape index (κ2) is 5.60. The first-order chi connectivity index (χ1) is 10.1. The molecule has 0 bridgehead atoms. The molecule has 1 aromatic carbocycles. The van der Waals surface area contributed by atoms with Gasteiger partial charge < -0.3 is 5.32 Å². The fraction of sp³-hybridized carbons (Fsp3) is 0.375. The molecule has 3 nitrogen and oxygen atoms in total. The van der Waals surface area contributed by atoms with Crippen LogP contribution in [-0.2, 0) is 0 Å². The van der Waals surface area contributed by atoms with Gasteiger partial charge in [-0.2, -0.15) is 0 Å². The van der Waals surface area contributed by atoms with Crippen molar-refractivity contribution in [3.63, 3.8) is 0 Å². The summed E-state index contributed by atoms with van der Waals surface area (Å²) in [7, 11) is 0. The molecule has 0 aliphatic heterocycles. The Morgan fingerprint density at radius 1 is 1.33 bits per heavy atom. The van der Waals surface area contributed by atoms with Crippen molar-refractivity contribution < 1.29 is 4.39 Å². The molecule has 1 aromatic heterocycles. The zero-order chi connectivity index (χ0) is 15.0. The fourth-order valence-corrected chi connectivity index (χ4v) is 2.55. The molecular weight excluding hydrogens is 289 g/mol. The van der Waals surface area contributed by atoms with Crippen LogP contribution in [0, 0.1) is 12.7 Å². The van der Waals surface area contributed by atoms with Crippen molar-refractivity contribution >= 4 is 17.4 Å². The number of rotatable bonds is 4. The maximum atomic E-state index is 13.6. The summed E-state index contributed by atoms with van der Waals surface area (Å²) in [4.78, 5) is 9.25. The van der Waals surface area contributed by atoms with E-state index in [4.69, 9.17) is 11.6 Å². The van der Waals surface area contributed by atoms with Gasteiger partial charge in [0.05, 0.1) is 10.7 Å². The van der Waals surface area contributed by atoms with Gasteiger partial charge in [0.15, 0.2) is 0 Å². The lowest BCUT2D eigenvalue weighted by Gasteiger charge is -2.14. The third-order valence-electron chi connectivity index (χ3n) is 3.63. The quantitative estimate of drug-likeness (QED) is 0.900. The molecule has 1 aliphatic rings. The van der Waals surface area contributed by atoms with Crippen LogP contribution < -0.4 is 5.32 Å². The second-order valence-electron chi connectivity index (χ2n) is 5.33. The zero-order valence-electron chi connectivity index (χ0n) is 12.1. The molecule has 0 unspecified atom stereocenters. The topological polar surface area (TPSA) is 37.8 Å². The highest BCUT2D eigenvalue weighted by Gasteiger charge is 2.28. The van der Waals surface area contributed by atoms with Gasteiger partial charge in [-0.25, -0.2) is 14.4 Å². The first-order valence-corrected chi connectivity index (χ1v) is 7.55. The predicted molar refractivity (Wildman–Crippen MR) is 83.3 cm³/mol. The van der Waals surface area contributed by atoms with E-state index >= 15 is 0 Å². The highest BCUT2D eigenvalue weighted by molar-refractivity contribution is 6.33. The van der Waals surface area contributed by atoms with Gasteiger partial charge in [0.1, 0.15) is 17.5 Å². The Hall–Kier alpha value is -1.68. The normalized spacial score (nSPS) is 14.3. The first-order valence-electron chi connectivity index (χ1n) is 7.18. The number of anilines is 1. The van der Waals surface area contributed by atoms with E-state index in [1.807, 2.05) is 13.8 Å². The van der Waals surface area contributed by atoms with Gasteiger partial charge in [0.2, 0.25) is 0 Å². The Morgan fingerprint density at radius 2 is 2.10 bits per heavy atom. The second-order valence-corrected chi connectivity index (χ2v) is 5.74. The Morgan fingerprint density at radius 3 is 2.76 bits per heavy atom. The first kappa shape index (κ1) is 14.3. The van der Waals surface area contributed by atoms with Crippen LogP contribution in [-0.4, -0.2) is 16.5 Å². The highest BCUT2D eigenvalue weighted by Crippen LogP contribution is 2.41. The molecule has 110 valence electrons. The van der Waals surface area contributed by atoms with Crippen molar-refractivity contribution in [1.82, 2.24) is 9.97 Å². The van der Waals surface area contributed by atoms with Crippen molar-refractivity contribution in [2.75, 3.05) is 11.9 Å². The summed E-state index contributed by atoms with van der Waals surface area (Å²) in [5.74, 6) is 1.75. The van der Waals surface area contributed by atoms with Crippen LogP contribution in [0.4, 0.5) is 10.2 Å². The number of nitrogens with one attached hydrogen (secondary N) is 1. The largest absolute Gasteiger partial charge is 0.370 e. The molecule has 0 amide bonds. The molecule has 0 saturated heterocycles.